The number of aliphatic hydroxyl groups excluding tert-OH is 1. The summed E-state index contributed by atoms with van der Waals surface area (Å²) in [6, 6.07) is 1.96. The third-order valence-corrected chi connectivity index (χ3v) is 2.19. The van der Waals surface area contributed by atoms with Crippen LogP contribution in [0.5, 0.6) is 0 Å². The lowest BCUT2D eigenvalue weighted by molar-refractivity contribution is 0.244. The molecule has 0 saturated carbocycles. The molecule has 0 aliphatic carbocycles. The average Bonchev–Trinajstić information content (AvgIpc) is 2.23. The first-order valence-electron chi connectivity index (χ1n) is 4.97. The van der Waals surface area contributed by atoms with E-state index in [-0.39, 0.29) is 6.61 Å². The number of hydrogen-bond acceptors (Lipinski definition) is 2. The van der Waals surface area contributed by atoms with Crippen LogP contribution in [0, 0.1) is 17.5 Å². The van der Waals surface area contributed by atoms with E-state index in [0.717, 1.165) is 12.1 Å². The first-order valence-corrected chi connectivity index (χ1v) is 4.97. The average molecular weight is 233 g/mol. The molecule has 0 atom stereocenters. The summed E-state index contributed by atoms with van der Waals surface area (Å²) >= 11 is 0. The van der Waals surface area contributed by atoms with Crippen LogP contribution in [0.3, 0.4) is 0 Å². The lowest BCUT2D eigenvalue weighted by atomic mass is 10.2. The van der Waals surface area contributed by atoms with Gasteiger partial charge in [0.15, 0.2) is 17.5 Å². The fraction of sp³-hybridized carbons (Fsp3) is 0.455. The lowest BCUT2D eigenvalue weighted by Crippen LogP contribution is -2.20. The minimum absolute atomic E-state index is 0.0660. The van der Waals surface area contributed by atoms with Crippen molar-refractivity contribution in [3.05, 3.63) is 35.1 Å². The first-order chi connectivity index (χ1) is 7.54. The highest BCUT2D eigenvalue weighted by Crippen LogP contribution is 2.14. The molecule has 0 amide bonds. The summed E-state index contributed by atoms with van der Waals surface area (Å²) in [7, 11) is 1.76. The van der Waals surface area contributed by atoms with Gasteiger partial charge in [0, 0.05) is 19.7 Å². The number of aliphatic hydroxyl groups is 1. The van der Waals surface area contributed by atoms with Crippen LogP contribution in [0.4, 0.5) is 13.2 Å². The Hall–Kier alpha value is -1.07. The molecule has 0 aliphatic heterocycles. The summed E-state index contributed by atoms with van der Waals surface area (Å²) in [5, 5.41) is 8.61. The fourth-order valence-electron chi connectivity index (χ4n) is 1.43. The van der Waals surface area contributed by atoms with Crippen LogP contribution in [0.2, 0.25) is 0 Å². The molecule has 0 radical (unpaired) electrons. The summed E-state index contributed by atoms with van der Waals surface area (Å²) < 4.78 is 38.4. The van der Waals surface area contributed by atoms with Crippen molar-refractivity contribution in [2.45, 2.75) is 13.0 Å². The van der Waals surface area contributed by atoms with E-state index in [1.807, 2.05) is 0 Å². The van der Waals surface area contributed by atoms with Crippen molar-refractivity contribution in [1.82, 2.24) is 4.90 Å². The Balaban J connectivity index is 2.67. The van der Waals surface area contributed by atoms with E-state index < -0.39 is 17.5 Å². The van der Waals surface area contributed by atoms with Crippen LogP contribution < -0.4 is 0 Å². The molecule has 0 aliphatic rings. The molecule has 16 heavy (non-hydrogen) atoms. The molecular weight excluding hydrogens is 219 g/mol. The van der Waals surface area contributed by atoms with Gasteiger partial charge in [0.25, 0.3) is 0 Å². The molecule has 0 heterocycles. The third-order valence-electron chi connectivity index (χ3n) is 2.19. The number of hydrogen-bond donors (Lipinski definition) is 1. The second-order valence-electron chi connectivity index (χ2n) is 3.69. The van der Waals surface area contributed by atoms with Gasteiger partial charge in [-0.3, -0.25) is 0 Å². The van der Waals surface area contributed by atoms with Crippen molar-refractivity contribution in [2.24, 2.45) is 0 Å². The highest BCUT2D eigenvalue weighted by Gasteiger charge is 2.11. The summed E-state index contributed by atoms with van der Waals surface area (Å²) in [6.45, 7) is 0.988. The molecule has 0 fully saturated rings. The van der Waals surface area contributed by atoms with Crippen LogP contribution in [0.25, 0.3) is 0 Å². The number of nitrogens with zero attached hydrogens (tertiary/aromatic N) is 1. The van der Waals surface area contributed by atoms with Gasteiger partial charge in [-0.25, -0.2) is 13.2 Å². The quantitative estimate of drug-likeness (QED) is 0.785. The van der Waals surface area contributed by atoms with Gasteiger partial charge in [0.2, 0.25) is 0 Å². The van der Waals surface area contributed by atoms with Crippen molar-refractivity contribution in [3.8, 4) is 0 Å². The number of benzene rings is 1. The summed E-state index contributed by atoms with van der Waals surface area (Å²) in [4.78, 5) is 1.79. The zero-order chi connectivity index (χ0) is 12.1. The number of halogens is 3. The van der Waals surface area contributed by atoms with E-state index in [2.05, 4.69) is 0 Å². The summed E-state index contributed by atoms with van der Waals surface area (Å²) in [5.74, 6) is -3.79. The molecule has 0 spiro atoms. The molecule has 0 bridgehead atoms. The van der Waals surface area contributed by atoms with Gasteiger partial charge < -0.3 is 10.0 Å². The van der Waals surface area contributed by atoms with Gasteiger partial charge >= 0.3 is 0 Å². The molecule has 1 aromatic rings. The molecule has 2 nitrogen and oxygen atoms in total. The van der Waals surface area contributed by atoms with Crippen molar-refractivity contribution >= 4 is 0 Å². The van der Waals surface area contributed by atoms with Crippen molar-refractivity contribution in [3.63, 3.8) is 0 Å². The molecule has 5 heteroatoms. The Kier molecular flexibility index (Phi) is 4.76. The Morgan fingerprint density at radius 3 is 2.25 bits per heavy atom. The molecule has 90 valence electrons. The lowest BCUT2D eigenvalue weighted by Gasteiger charge is -2.16. The maximum Gasteiger partial charge on any atom is 0.194 e. The summed E-state index contributed by atoms with van der Waals surface area (Å²) in [5.41, 5.74) is 0.372. The van der Waals surface area contributed by atoms with Crippen LogP contribution in [-0.4, -0.2) is 30.2 Å². The van der Waals surface area contributed by atoms with Gasteiger partial charge in [-0.2, -0.15) is 0 Å². The zero-order valence-electron chi connectivity index (χ0n) is 9.01. The van der Waals surface area contributed by atoms with Crippen molar-refractivity contribution in [2.75, 3.05) is 20.2 Å². The maximum absolute atomic E-state index is 12.9. The van der Waals surface area contributed by atoms with E-state index >= 15 is 0 Å². The van der Waals surface area contributed by atoms with Gasteiger partial charge in [0.1, 0.15) is 0 Å². The Labute approximate surface area is 92.3 Å². The normalized spacial score (nSPS) is 11.1. The van der Waals surface area contributed by atoms with Crippen LogP contribution in [0.15, 0.2) is 12.1 Å². The molecule has 1 aromatic carbocycles. The van der Waals surface area contributed by atoms with Crippen LogP contribution >= 0.6 is 0 Å². The molecule has 0 unspecified atom stereocenters. The highest BCUT2D eigenvalue weighted by atomic mass is 19.2. The van der Waals surface area contributed by atoms with E-state index in [9.17, 15) is 13.2 Å². The predicted octanol–water partition coefficient (Wildman–Crippen LogP) is 1.92. The Bertz CT molecular complexity index is 334. The smallest absolute Gasteiger partial charge is 0.194 e. The third kappa shape index (κ3) is 3.50. The van der Waals surface area contributed by atoms with Gasteiger partial charge in [-0.15, -0.1) is 0 Å². The maximum atomic E-state index is 12.9. The largest absolute Gasteiger partial charge is 0.396 e. The molecule has 0 aromatic heterocycles. The minimum atomic E-state index is -1.44. The molecule has 1 rings (SSSR count). The van der Waals surface area contributed by atoms with Crippen molar-refractivity contribution < 1.29 is 18.3 Å². The first kappa shape index (κ1) is 13.0. The molecular formula is C11H14F3NO. The van der Waals surface area contributed by atoms with Crippen molar-refractivity contribution in [1.29, 1.82) is 0 Å². The van der Waals surface area contributed by atoms with E-state index in [4.69, 9.17) is 5.11 Å². The second kappa shape index (κ2) is 5.86. The van der Waals surface area contributed by atoms with E-state index in [0.29, 0.717) is 25.1 Å². The SMILES string of the molecule is CN(CCCO)Cc1cc(F)c(F)c(F)c1. The van der Waals surface area contributed by atoms with Gasteiger partial charge in [0.05, 0.1) is 0 Å². The number of rotatable bonds is 5. The van der Waals surface area contributed by atoms with Gasteiger partial charge in [-0.05, 0) is 31.2 Å². The Morgan fingerprint density at radius 1 is 1.19 bits per heavy atom. The zero-order valence-corrected chi connectivity index (χ0v) is 9.01. The van der Waals surface area contributed by atoms with Crippen LogP contribution in [-0.2, 0) is 6.54 Å². The molecule has 0 saturated heterocycles. The van der Waals surface area contributed by atoms with E-state index in [1.54, 1.807) is 11.9 Å². The Morgan fingerprint density at radius 2 is 1.75 bits per heavy atom. The standard InChI is InChI=1S/C11H14F3NO/c1-15(3-2-4-16)7-8-5-9(12)11(14)10(13)6-8/h5-6,16H,2-4,7H2,1H3. The summed E-state index contributed by atoms with van der Waals surface area (Å²) in [6.07, 6.45) is 0.586. The monoisotopic (exact) mass is 233 g/mol. The van der Waals surface area contributed by atoms with Crippen LogP contribution in [0.1, 0.15) is 12.0 Å². The predicted molar refractivity (Wildman–Crippen MR) is 54.4 cm³/mol. The highest BCUT2D eigenvalue weighted by molar-refractivity contribution is 5.19. The van der Waals surface area contributed by atoms with E-state index in [1.165, 1.54) is 0 Å². The minimum Gasteiger partial charge on any atom is -0.396 e. The fourth-order valence-corrected chi connectivity index (χ4v) is 1.43. The molecule has 1 N–H and O–H groups in total. The topological polar surface area (TPSA) is 23.5 Å². The van der Waals surface area contributed by atoms with Gasteiger partial charge in [-0.1, -0.05) is 0 Å². The second-order valence-corrected chi connectivity index (χ2v) is 3.69.